The summed E-state index contributed by atoms with van der Waals surface area (Å²) in [5, 5.41) is 3.44. The van der Waals surface area contributed by atoms with Gasteiger partial charge in [0.1, 0.15) is 5.60 Å². The Morgan fingerprint density at radius 1 is 1.40 bits per heavy atom. The number of hydrogen-bond donors (Lipinski definition) is 1. The number of carbonyl (C=O) groups excluding carboxylic acids is 1. The Kier molecular flexibility index (Phi) is 6.80. The van der Waals surface area contributed by atoms with E-state index in [9.17, 15) is 4.79 Å². The summed E-state index contributed by atoms with van der Waals surface area (Å²) in [4.78, 5) is 14.0. The summed E-state index contributed by atoms with van der Waals surface area (Å²) >= 11 is 0. The summed E-state index contributed by atoms with van der Waals surface area (Å²) in [7, 11) is 0. The van der Waals surface area contributed by atoms with E-state index in [1.165, 1.54) is 19.3 Å². The predicted molar refractivity (Wildman–Crippen MR) is 82.9 cm³/mol. The van der Waals surface area contributed by atoms with Crippen molar-refractivity contribution in [3.63, 3.8) is 0 Å². The quantitative estimate of drug-likeness (QED) is 0.787. The van der Waals surface area contributed by atoms with Crippen molar-refractivity contribution >= 4 is 6.09 Å². The van der Waals surface area contributed by atoms with E-state index in [0.29, 0.717) is 12.0 Å². The summed E-state index contributed by atoms with van der Waals surface area (Å²) in [6.07, 6.45) is 4.56. The van der Waals surface area contributed by atoms with Gasteiger partial charge in [-0.05, 0) is 58.9 Å². The van der Waals surface area contributed by atoms with E-state index in [1.807, 2.05) is 25.7 Å². The number of rotatable bonds is 5. The van der Waals surface area contributed by atoms with Crippen molar-refractivity contribution in [2.75, 3.05) is 19.6 Å². The van der Waals surface area contributed by atoms with Gasteiger partial charge in [-0.25, -0.2) is 4.79 Å². The van der Waals surface area contributed by atoms with Gasteiger partial charge in [-0.15, -0.1) is 0 Å². The van der Waals surface area contributed by atoms with Crippen LogP contribution in [0.3, 0.4) is 0 Å². The lowest BCUT2D eigenvalue weighted by molar-refractivity contribution is 0.0161. The SMILES string of the molecule is CC(C)NCCC[C@@H]1CCCN(C(=O)OC(C)(C)C)C1. The molecule has 1 aliphatic heterocycles. The van der Waals surface area contributed by atoms with Gasteiger partial charge in [-0.3, -0.25) is 0 Å². The highest BCUT2D eigenvalue weighted by Crippen LogP contribution is 2.22. The van der Waals surface area contributed by atoms with Gasteiger partial charge in [0, 0.05) is 19.1 Å². The molecule has 0 unspecified atom stereocenters. The molecule has 1 saturated heterocycles. The number of amides is 1. The van der Waals surface area contributed by atoms with Crippen LogP contribution in [-0.4, -0.2) is 42.3 Å². The Bertz CT molecular complexity index is 297. The van der Waals surface area contributed by atoms with Gasteiger partial charge in [-0.2, -0.15) is 0 Å². The van der Waals surface area contributed by atoms with Gasteiger partial charge in [0.15, 0.2) is 0 Å². The number of piperidine rings is 1. The van der Waals surface area contributed by atoms with E-state index in [4.69, 9.17) is 4.74 Å². The van der Waals surface area contributed by atoms with Crippen LogP contribution in [0.5, 0.6) is 0 Å². The molecule has 0 aromatic heterocycles. The third-order valence-corrected chi connectivity index (χ3v) is 3.51. The van der Waals surface area contributed by atoms with Crippen LogP contribution in [0, 0.1) is 5.92 Å². The Hall–Kier alpha value is -0.770. The molecule has 1 amide bonds. The molecule has 1 N–H and O–H groups in total. The van der Waals surface area contributed by atoms with Gasteiger partial charge in [-0.1, -0.05) is 13.8 Å². The molecule has 0 aromatic rings. The fourth-order valence-electron chi connectivity index (χ4n) is 2.57. The number of nitrogens with zero attached hydrogens (tertiary/aromatic N) is 1. The second-order valence-corrected chi connectivity index (χ2v) is 7.19. The molecule has 1 heterocycles. The molecular weight excluding hydrogens is 252 g/mol. The minimum atomic E-state index is -0.398. The molecule has 1 rings (SSSR count). The summed E-state index contributed by atoms with van der Waals surface area (Å²) in [6.45, 7) is 12.9. The fraction of sp³-hybridized carbons (Fsp3) is 0.938. The number of likely N-dealkylation sites (tertiary alicyclic amines) is 1. The third-order valence-electron chi connectivity index (χ3n) is 3.51. The normalized spacial score (nSPS) is 20.3. The van der Waals surface area contributed by atoms with E-state index in [0.717, 1.165) is 26.1 Å². The van der Waals surface area contributed by atoms with E-state index in [1.54, 1.807) is 0 Å². The Morgan fingerprint density at radius 2 is 2.10 bits per heavy atom. The standard InChI is InChI=1S/C16H32N2O2/c1-13(2)17-10-6-8-14-9-7-11-18(12-14)15(19)20-16(3,4)5/h13-14,17H,6-12H2,1-5H3/t14-/m1/s1. The van der Waals surface area contributed by atoms with Crippen molar-refractivity contribution in [3.05, 3.63) is 0 Å². The van der Waals surface area contributed by atoms with E-state index >= 15 is 0 Å². The molecule has 0 aromatic carbocycles. The van der Waals surface area contributed by atoms with Crippen molar-refractivity contribution in [1.29, 1.82) is 0 Å². The van der Waals surface area contributed by atoms with Crippen LogP contribution in [0.4, 0.5) is 4.79 Å². The third kappa shape index (κ3) is 7.13. The number of ether oxygens (including phenoxy) is 1. The van der Waals surface area contributed by atoms with Crippen molar-refractivity contribution in [2.45, 2.75) is 71.9 Å². The molecule has 0 bridgehead atoms. The van der Waals surface area contributed by atoms with Crippen molar-refractivity contribution in [1.82, 2.24) is 10.2 Å². The van der Waals surface area contributed by atoms with Crippen LogP contribution < -0.4 is 5.32 Å². The molecule has 4 nitrogen and oxygen atoms in total. The minimum Gasteiger partial charge on any atom is -0.444 e. The molecule has 1 aliphatic rings. The largest absolute Gasteiger partial charge is 0.444 e. The zero-order valence-corrected chi connectivity index (χ0v) is 13.9. The van der Waals surface area contributed by atoms with Crippen molar-refractivity contribution in [3.8, 4) is 0 Å². The molecule has 0 aliphatic carbocycles. The van der Waals surface area contributed by atoms with Gasteiger partial charge < -0.3 is 15.0 Å². The fourth-order valence-corrected chi connectivity index (χ4v) is 2.57. The second kappa shape index (κ2) is 7.87. The maximum atomic E-state index is 12.1. The lowest BCUT2D eigenvalue weighted by Crippen LogP contribution is -2.43. The van der Waals surface area contributed by atoms with E-state index in [-0.39, 0.29) is 6.09 Å². The molecular formula is C16H32N2O2. The maximum absolute atomic E-state index is 12.1. The monoisotopic (exact) mass is 284 g/mol. The van der Waals surface area contributed by atoms with Crippen LogP contribution in [0.15, 0.2) is 0 Å². The van der Waals surface area contributed by atoms with Gasteiger partial charge in [0.05, 0.1) is 0 Å². The first-order chi connectivity index (χ1) is 9.28. The lowest BCUT2D eigenvalue weighted by Gasteiger charge is -2.34. The smallest absolute Gasteiger partial charge is 0.410 e. The summed E-state index contributed by atoms with van der Waals surface area (Å²) in [5.74, 6) is 0.630. The molecule has 1 atom stereocenters. The average molecular weight is 284 g/mol. The van der Waals surface area contributed by atoms with Gasteiger partial charge in [0.25, 0.3) is 0 Å². The molecule has 0 spiro atoms. The predicted octanol–water partition coefficient (Wildman–Crippen LogP) is 3.41. The van der Waals surface area contributed by atoms with Crippen LogP contribution in [0.25, 0.3) is 0 Å². The number of carbonyl (C=O) groups is 1. The first-order valence-electron chi connectivity index (χ1n) is 7.99. The molecule has 0 saturated carbocycles. The maximum Gasteiger partial charge on any atom is 0.410 e. The first-order valence-corrected chi connectivity index (χ1v) is 7.99. The number of nitrogens with one attached hydrogen (secondary N) is 1. The highest BCUT2D eigenvalue weighted by Gasteiger charge is 2.27. The highest BCUT2D eigenvalue weighted by molar-refractivity contribution is 5.68. The van der Waals surface area contributed by atoms with Gasteiger partial charge in [0.2, 0.25) is 0 Å². The molecule has 118 valence electrons. The second-order valence-electron chi connectivity index (χ2n) is 7.19. The van der Waals surface area contributed by atoms with Crippen LogP contribution in [0.2, 0.25) is 0 Å². The summed E-state index contributed by atoms with van der Waals surface area (Å²) in [6, 6.07) is 0.555. The summed E-state index contributed by atoms with van der Waals surface area (Å²) in [5.41, 5.74) is -0.398. The van der Waals surface area contributed by atoms with Crippen molar-refractivity contribution < 1.29 is 9.53 Å². The molecule has 1 fully saturated rings. The minimum absolute atomic E-state index is 0.150. The molecule has 0 radical (unpaired) electrons. The van der Waals surface area contributed by atoms with Crippen LogP contribution in [-0.2, 0) is 4.74 Å². The average Bonchev–Trinajstić information content (AvgIpc) is 2.33. The van der Waals surface area contributed by atoms with Gasteiger partial charge >= 0.3 is 6.09 Å². The highest BCUT2D eigenvalue weighted by atomic mass is 16.6. The molecule has 20 heavy (non-hydrogen) atoms. The zero-order valence-electron chi connectivity index (χ0n) is 13.9. The number of hydrogen-bond acceptors (Lipinski definition) is 3. The molecule has 4 heteroatoms. The van der Waals surface area contributed by atoms with E-state index in [2.05, 4.69) is 19.2 Å². The Morgan fingerprint density at radius 3 is 2.70 bits per heavy atom. The van der Waals surface area contributed by atoms with Crippen molar-refractivity contribution in [2.24, 2.45) is 5.92 Å². The lowest BCUT2D eigenvalue weighted by atomic mass is 9.93. The Labute approximate surface area is 124 Å². The van der Waals surface area contributed by atoms with E-state index < -0.39 is 5.60 Å². The Balaban J connectivity index is 2.29. The van der Waals surface area contributed by atoms with Crippen LogP contribution >= 0.6 is 0 Å². The summed E-state index contributed by atoms with van der Waals surface area (Å²) < 4.78 is 5.46. The zero-order chi connectivity index (χ0) is 15.2. The first kappa shape index (κ1) is 17.3. The van der Waals surface area contributed by atoms with Crippen LogP contribution in [0.1, 0.15) is 60.3 Å². The topological polar surface area (TPSA) is 41.6 Å².